The van der Waals surface area contributed by atoms with Crippen molar-refractivity contribution >= 4 is 0 Å². The lowest BCUT2D eigenvalue weighted by Gasteiger charge is -2.15. The maximum atomic E-state index is 9.12. The van der Waals surface area contributed by atoms with Crippen LogP contribution in [0.4, 0.5) is 0 Å². The van der Waals surface area contributed by atoms with Crippen LogP contribution in [0, 0.1) is 5.92 Å². The number of nitrogens with one attached hydrogen (secondary N) is 1. The van der Waals surface area contributed by atoms with E-state index in [4.69, 9.17) is 9.94 Å². The van der Waals surface area contributed by atoms with Gasteiger partial charge in [0.1, 0.15) is 6.23 Å². The van der Waals surface area contributed by atoms with E-state index < -0.39 is 6.23 Å². The van der Waals surface area contributed by atoms with E-state index in [1.54, 1.807) is 0 Å². The molecule has 0 saturated heterocycles. The highest BCUT2D eigenvalue weighted by atomic mass is 16.7. The summed E-state index contributed by atoms with van der Waals surface area (Å²) in [5.41, 5.74) is 2.54. The molecule has 0 aromatic rings. The van der Waals surface area contributed by atoms with Crippen LogP contribution in [0.2, 0.25) is 0 Å². The third-order valence-corrected chi connectivity index (χ3v) is 1.14. The fourth-order valence-corrected chi connectivity index (χ4v) is 0.382. The highest BCUT2D eigenvalue weighted by molar-refractivity contribution is 4.49. The van der Waals surface area contributed by atoms with Gasteiger partial charge in [-0.05, 0) is 12.3 Å². The highest BCUT2D eigenvalue weighted by Crippen LogP contribution is 1.96. The summed E-state index contributed by atoms with van der Waals surface area (Å²) in [6.07, 6.45) is 0.407. The van der Waals surface area contributed by atoms with Crippen molar-refractivity contribution in [3.05, 3.63) is 0 Å². The third-order valence-electron chi connectivity index (χ3n) is 1.14. The molecule has 10 heavy (non-hydrogen) atoms. The van der Waals surface area contributed by atoms with Gasteiger partial charge >= 0.3 is 0 Å². The average Bonchev–Trinajstić information content (AvgIpc) is 1.88. The number of hydroxylamine groups is 1. The Hall–Kier alpha value is -0.120. The summed E-state index contributed by atoms with van der Waals surface area (Å²) in [7, 11) is 0. The minimum absolute atomic E-state index is 0.192. The molecule has 0 aromatic heterocycles. The molecule has 0 aliphatic heterocycles. The Morgan fingerprint density at radius 3 is 2.50 bits per heavy atom. The molecule has 0 spiro atoms. The summed E-state index contributed by atoms with van der Waals surface area (Å²) in [6, 6.07) is 0. The molecule has 0 aliphatic carbocycles. The summed E-state index contributed by atoms with van der Waals surface area (Å²) in [5.74, 6) is 0.192. The van der Waals surface area contributed by atoms with Crippen molar-refractivity contribution in [2.45, 2.75) is 33.4 Å². The van der Waals surface area contributed by atoms with Crippen molar-refractivity contribution in [2.24, 2.45) is 5.92 Å². The zero-order chi connectivity index (χ0) is 7.98. The average molecular weight is 147 g/mol. The van der Waals surface area contributed by atoms with Crippen LogP contribution >= 0.6 is 0 Å². The second-order valence-electron chi connectivity index (χ2n) is 2.66. The molecule has 0 aliphatic rings. The Balaban J connectivity index is 3.13. The summed E-state index contributed by atoms with van der Waals surface area (Å²) in [4.78, 5) is 4.91. The normalized spacial score (nSPS) is 14.1. The lowest BCUT2D eigenvalue weighted by Crippen LogP contribution is -2.33. The molecular weight excluding hydrogens is 130 g/mol. The van der Waals surface area contributed by atoms with Gasteiger partial charge in [0.15, 0.2) is 0 Å². The number of aliphatic hydroxyl groups excluding tert-OH is 1. The van der Waals surface area contributed by atoms with Gasteiger partial charge in [0.2, 0.25) is 0 Å². The fraction of sp³-hybridized carbons (Fsp3) is 1.00. The van der Waals surface area contributed by atoms with Crippen LogP contribution in [-0.4, -0.2) is 17.9 Å². The molecule has 1 atom stereocenters. The van der Waals surface area contributed by atoms with Crippen molar-refractivity contribution in [3.8, 4) is 0 Å². The van der Waals surface area contributed by atoms with Crippen molar-refractivity contribution in [2.75, 3.05) is 6.61 Å². The summed E-state index contributed by atoms with van der Waals surface area (Å²) >= 11 is 0. The second kappa shape index (κ2) is 5.65. The SMILES string of the molecule is CCCONC(O)C(C)C. The van der Waals surface area contributed by atoms with E-state index in [-0.39, 0.29) is 5.92 Å². The maximum absolute atomic E-state index is 9.12. The Morgan fingerprint density at radius 1 is 1.50 bits per heavy atom. The molecule has 0 radical (unpaired) electrons. The standard InChI is InChI=1S/C7H17NO2/c1-4-5-10-8-7(9)6(2)3/h6-9H,4-5H2,1-3H3. The largest absolute Gasteiger partial charge is 0.376 e. The molecular formula is C7H17NO2. The minimum Gasteiger partial charge on any atom is -0.376 e. The number of aliphatic hydroxyl groups is 1. The van der Waals surface area contributed by atoms with Gasteiger partial charge in [-0.25, -0.2) is 0 Å². The van der Waals surface area contributed by atoms with Crippen molar-refractivity contribution < 1.29 is 9.94 Å². The molecule has 3 heteroatoms. The van der Waals surface area contributed by atoms with Crippen LogP contribution in [0.15, 0.2) is 0 Å². The predicted octanol–water partition coefficient (Wildman–Crippen LogP) is 0.892. The van der Waals surface area contributed by atoms with E-state index in [0.29, 0.717) is 6.61 Å². The molecule has 2 N–H and O–H groups in total. The molecule has 3 nitrogen and oxygen atoms in total. The number of hydrogen-bond acceptors (Lipinski definition) is 3. The topological polar surface area (TPSA) is 41.5 Å². The molecule has 0 saturated carbocycles. The van der Waals surface area contributed by atoms with Crippen LogP contribution in [-0.2, 0) is 4.84 Å². The molecule has 1 unspecified atom stereocenters. The van der Waals surface area contributed by atoms with Crippen LogP contribution in [0.1, 0.15) is 27.2 Å². The van der Waals surface area contributed by atoms with E-state index in [1.165, 1.54) is 0 Å². The van der Waals surface area contributed by atoms with Crippen molar-refractivity contribution in [3.63, 3.8) is 0 Å². The highest BCUT2D eigenvalue weighted by Gasteiger charge is 2.06. The van der Waals surface area contributed by atoms with Gasteiger partial charge in [0.05, 0.1) is 6.61 Å². The Bertz CT molecular complexity index is 76.0. The van der Waals surface area contributed by atoms with E-state index in [1.807, 2.05) is 20.8 Å². The van der Waals surface area contributed by atoms with E-state index in [0.717, 1.165) is 6.42 Å². The van der Waals surface area contributed by atoms with Gasteiger partial charge in [-0.3, -0.25) is 4.84 Å². The number of rotatable bonds is 5. The second-order valence-corrected chi connectivity index (χ2v) is 2.66. The van der Waals surface area contributed by atoms with E-state index >= 15 is 0 Å². The first-order valence-electron chi connectivity index (χ1n) is 3.73. The lowest BCUT2D eigenvalue weighted by atomic mass is 10.2. The summed E-state index contributed by atoms with van der Waals surface area (Å²) in [5, 5.41) is 9.12. The smallest absolute Gasteiger partial charge is 0.129 e. The Labute approximate surface area is 62.3 Å². The summed E-state index contributed by atoms with van der Waals surface area (Å²) < 4.78 is 0. The summed E-state index contributed by atoms with van der Waals surface area (Å²) in [6.45, 7) is 6.51. The van der Waals surface area contributed by atoms with Gasteiger partial charge in [-0.2, -0.15) is 5.48 Å². The zero-order valence-electron chi connectivity index (χ0n) is 6.92. The molecule has 0 amide bonds. The Morgan fingerprint density at radius 2 is 2.10 bits per heavy atom. The van der Waals surface area contributed by atoms with Crippen LogP contribution < -0.4 is 5.48 Å². The Kier molecular flexibility index (Phi) is 5.58. The van der Waals surface area contributed by atoms with Gasteiger partial charge < -0.3 is 5.11 Å². The van der Waals surface area contributed by atoms with Gasteiger partial charge in [0.25, 0.3) is 0 Å². The fourth-order valence-electron chi connectivity index (χ4n) is 0.382. The molecule has 0 bridgehead atoms. The quantitative estimate of drug-likeness (QED) is 0.345. The van der Waals surface area contributed by atoms with Gasteiger partial charge in [-0.15, -0.1) is 0 Å². The minimum atomic E-state index is -0.549. The first kappa shape index (κ1) is 9.88. The monoisotopic (exact) mass is 147 g/mol. The van der Waals surface area contributed by atoms with Crippen LogP contribution in [0.25, 0.3) is 0 Å². The van der Waals surface area contributed by atoms with Crippen molar-refractivity contribution in [1.29, 1.82) is 0 Å². The molecule has 0 heterocycles. The first-order chi connectivity index (χ1) is 4.68. The van der Waals surface area contributed by atoms with Gasteiger partial charge in [-0.1, -0.05) is 20.8 Å². The van der Waals surface area contributed by atoms with E-state index in [2.05, 4.69) is 5.48 Å². The van der Waals surface area contributed by atoms with Crippen molar-refractivity contribution in [1.82, 2.24) is 5.48 Å². The maximum Gasteiger partial charge on any atom is 0.129 e. The van der Waals surface area contributed by atoms with E-state index in [9.17, 15) is 0 Å². The predicted molar refractivity (Wildman–Crippen MR) is 40.2 cm³/mol. The first-order valence-corrected chi connectivity index (χ1v) is 3.73. The van der Waals surface area contributed by atoms with Crippen LogP contribution in [0.5, 0.6) is 0 Å². The molecule has 0 aromatic carbocycles. The van der Waals surface area contributed by atoms with Crippen LogP contribution in [0.3, 0.4) is 0 Å². The third kappa shape index (κ3) is 4.73. The van der Waals surface area contributed by atoms with Gasteiger partial charge in [0, 0.05) is 0 Å². The number of hydrogen-bond donors (Lipinski definition) is 2. The molecule has 62 valence electrons. The lowest BCUT2D eigenvalue weighted by molar-refractivity contribution is -0.0747. The molecule has 0 fully saturated rings. The zero-order valence-corrected chi connectivity index (χ0v) is 6.92. The molecule has 0 rings (SSSR count).